The summed E-state index contributed by atoms with van der Waals surface area (Å²) in [6.07, 6.45) is 0.0222. The van der Waals surface area contributed by atoms with Crippen molar-refractivity contribution >= 4 is 11.6 Å². The van der Waals surface area contributed by atoms with Crippen LogP contribution in [0.2, 0.25) is 0 Å². The molecule has 120 valence electrons. The van der Waals surface area contributed by atoms with Crippen molar-refractivity contribution in [1.82, 2.24) is 5.32 Å². The molecule has 6 nitrogen and oxygen atoms in total. The van der Waals surface area contributed by atoms with Gasteiger partial charge in [-0.05, 0) is 24.6 Å². The minimum Gasteiger partial charge on any atom is -0.489 e. The number of hydrogen-bond donors (Lipinski definition) is 1. The molecule has 0 spiro atoms. The highest BCUT2D eigenvalue weighted by molar-refractivity contribution is 5.78. The molecule has 1 amide bonds. The number of carbonyl (C=O) groups is 1. The lowest BCUT2D eigenvalue weighted by Gasteiger charge is -2.15. The fourth-order valence-electron chi connectivity index (χ4n) is 2.01. The van der Waals surface area contributed by atoms with Crippen molar-refractivity contribution < 1.29 is 14.5 Å². The highest BCUT2D eigenvalue weighted by atomic mass is 16.6. The SMILES string of the molecule is C[C@H](CNC(=O)Cc1ccc([N+](=O)[O-])cc1)Oc1ccccc1. The van der Waals surface area contributed by atoms with Crippen LogP contribution < -0.4 is 10.1 Å². The fourth-order valence-corrected chi connectivity index (χ4v) is 2.01. The molecule has 0 aliphatic heterocycles. The van der Waals surface area contributed by atoms with Crippen molar-refractivity contribution in [3.8, 4) is 5.75 Å². The van der Waals surface area contributed by atoms with Gasteiger partial charge in [-0.2, -0.15) is 0 Å². The van der Waals surface area contributed by atoms with Crippen LogP contribution in [-0.4, -0.2) is 23.5 Å². The van der Waals surface area contributed by atoms with Gasteiger partial charge in [-0.1, -0.05) is 30.3 Å². The van der Waals surface area contributed by atoms with E-state index in [1.807, 2.05) is 37.3 Å². The molecule has 0 saturated carbocycles. The summed E-state index contributed by atoms with van der Waals surface area (Å²) < 4.78 is 5.67. The Morgan fingerprint density at radius 3 is 2.43 bits per heavy atom. The first kappa shape index (κ1) is 16.5. The quantitative estimate of drug-likeness (QED) is 0.629. The lowest BCUT2D eigenvalue weighted by Crippen LogP contribution is -2.34. The molecule has 1 atom stereocenters. The molecule has 0 aliphatic carbocycles. The molecule has 0 radical (unpaired) electrons. The number of rotatable bonds is 7. The summed E-state index contributed by atoms with van der Waals surface area (Å²) in [5, 5.41) is 13.4. The highest BCUT2D eigenvalue weighted by Gasteiger charge is 2.09. The standard InChI is InChI=1S/C17H18N2O4/c1-13(23-16-5-3-2-4-6-16)12-18-17(20)11-14-7-9-15(10-8-14)19(21)22/h2-10,13H,11-12H2,1H3,(H,18,20)/t13-/m1/s1. The first-order valence-electron chi connectivity index (χ1n) is 7.26. The Labute approximate surface area is 134 Å². The molecule has 0 aliphatic rings. The Morgan fingerprint density at radius 1 is 1.17 bits per heavy atom. The molecule has 0 fully saturated rings. The molecule has 0 heterocycles. The van der Waals surface area contributed by atoms with E-state index in [0.29, 0.717) is 6.54 Å². The van der Waals surface area contributed by atoms with Crippen molar-refractivity contribution in [3.05, 3.63) is 70.3 Å². The number of ether oxygens (including phenoxy) is 1. The molecule has 23 heavy (non-hydrogen) atoms. The van der Waals surface area contributed by atoms with Crippen LogP contribution in [0, 0.1) is 10.1 Å². The number of nitrogens with one attached hydrogen (secondary N) is 1. The van der Waals surface area contributed by atoms with Crippen molar-refractivity contribution in [1.29, 1.82) is 0 Å². The maximum absolute atomic E-state index is 11.9. The molecular formula is C17H18N2O4. The number of amides is 1. The van der Waals surface area contributed by atoms with Crippen LogP contribution in [-0.2, 0) is 11.2 Å². The fraction of sp³-hybridized carbons (Fsp3) is 0.235. The Kier molecular flexibility index (Phi) is 5.68. The summed E-state index contributed by atoms with van der Waals surface area (Å²) in [6.45, 7) is 2.26. The second kappa shape index (κ2) is 7.93. The zero-order chi connectivity index (χ0) is 16.7. The number of nitro benzene ring substituents is 1. The van der Waals surface area contributed by atoms with E-state index >= 15 is 0 Å². The topological polar surface area (TPSA) is 81.5 Å². The minimum atomic E-state index is -0.466. The maximum atomic E-state index is 11.9. The van der Waals surface area contributed by atoms with E-state index in [0.717, 1.165) is 11.3 Å². The number of nitrogens with zero attached hydrogens (tertiary/aromatic N) is 1. The predicted molar refractivity (Wildman–Crippen MR) is 86.3 cm³/mol. The molecule has 1 N–H and O–H groups in total. The van der Waals surface area contributed by atoms with Crippen LogP contribution in [0.25, 0.3) is 0 Å². The second-order valence-electron chi connectivity index (χ2n) is 5.15. The van der Waals surface area contributed by atoms with Gasteiger partial charge in [0.15, 0.2) is 0 Å². The summed E-state index contributed by atoms with van der Waals surface area (Å²) in [5.74, 6) is 0.604. The normalized spacial score (nSPS) is 11.5. The van der Waals surface area contributed by atoms with E-state index in [2.05, 4.69) is 5.32 Å². The van der Waals surface area contributed by atoms with Crippen LogP contribution in [0.4, 0.5) is 5.69 Å². The summed E-state index contributed by atoms with van der Waals surface area (Å²) in [7, 11) is 0. The van der Waals surface area contributed by atoms with Crippen LogP contribution in [0.5, 0.6) is 5.75 Å². The van der Waals surface area contributed by atoms with E-state index in [1.54, 1.807) is 12.1 Å². The molecule has 2 rings (SSSR count). The van der Waals surface area contributed by atoms with E-state index in [4.69, 9.17) is 4.74 Å². The predicted octanol–water partition coefficient (Wildman–Crippen LogP) is 2.72. The third kappa shape index (κ3) is 5.43. The zero-order valence-corrected chi connectivity index (χ0v) is 12.8. The van der Waals surface area contributed by atoms with Crippen molar-refractivity contribution in [3.63, 3.8) is 0 Å². The lowest BCUT2D eigenvalue weighted by molar-refractivity contribution is -0.384. The van der Waals surface area contributed by atoms with Crippen LogP contribution in [0.3, 0.4) is 0 Å². The van der Waals surface area contributed by atoms with Gasteiger partial charge in [0.25, 0.3) is 5.69 Å². The first-order chi connectivity index (χ1) is 11.0. The Bertz CT molecular complexity index is 656. The number of nitro groups is 1. The van der Waals surface area contributed by atoms with Crippen molar-refractivity contribution in [2.75, 3.05) is 6.54 Å². The molecule has 6 heteroatoms. The van der Waals surface area contributed by atoms with E-state index < -0.39 is 4.92 Å². The van der Waals surface area contributed by atoms with Gasteiger partial charge in [0.2, 0.25) is 5.91 Å². The zero-order valence-electron chi connectivity index (χ0n) is 12.8. The first-order valence-corrected chi connectivity index (χ1v) is 7.26. The molecular weight excluding hydrogens is 296 g/mol. The van der Waals surface area contributed by atoms with Gasteiger partial charge in [0.1, 0.15) is 11.9 Å². The largest absolute Gasteiger partial charge is 0.489 e. The number of carbonyl (C=O) groups excluding carboxylic acids is 1. The third-order valence-corrected chi connectivity index (χ3v) is 3.18. The van der Waals surface area contributed by atoms with Gasteiger partial charge >= 0.3 is 0 Å². The highest BCUT2D eigenvalue weighted by Crippen LogP contribution is 2.12. The van der Waals surface area contributed by atoms with Gasteiger partial charge in [-0.3, -0.25) is 14.9 Å². The monoisotopic (exact) mass is 314 g/mol. The van der Waals surface area contributed by atoms with Gasteiger partial charge in [-0.25, -0.2) is 0 Å². The van der Waals surface area contributed by atoms with Gasteiger partial charge in [-0.15, -0.1) is 0 Å². The van der Waals surface area contributed by atoms with Crippen molar-refractivity contribution in [2.24, 2.45) is 0 Å². The van der Waals surface area contributed by atoms with E-state index in [1.165, 1.54) is 12.1 Å². The molecule has 2 aromatic rings. The Hall–Kier alpha value is -2.89. The Morgan fingerprint density at radius 2 is 1.83 bits per heavy atom. The van der Waals surface area contributed by atoms with E-state index in [9.17, 15) is 14.9 Å². The summed E-state index contributed by atoms with van der Waals surface area (Å²) in [5.41, 5.74) is 0.740. The molecule has 0 bridgehead atoms. The van der Waals surface area contributed by atoms with E-state index in [-0.39, 0.29) is 24.1 Å². The van der Waals surface area contributed by atoms with Gasteiger partial charge in [0, 0.05) is 12.1 Å². The number of non-ortho nitro benzene ring substituents is 1. The molecule has 0 unspecified atom stereocenters. The van der Waals surface area contributed by atoms with Crippen molar-refractivity contribution in [2.45, 2.75) is 19.4 Å². The third-order valence-electron chi connectivity index (χ3n) is 3.18. The average molecular weight is 314 g/mol. The molecule has 0 aromatic heterocycles. The number of hydrogen-bond acceptors (Lipinski definition) is 4. The second-order valence-corrected chi connectivity index (χ2v) is 5.15. The van der Waals surface area contributed by atoms with Crippen LogP contribution in [0.1, 0.15) is 12.5 Å². The summed E-state index contributed by atoms with van der Waals surface area (Å²) in [4.78, 5) is 22.0. The van der Waals surface area contributed by atoms with Gasteiger partial charge < -0.3 is 10.1 Å². The maximum Gasteiger partial charge on any atom is 0.269 e. The number of benzene rings is 2. The smallest absolute Gasteiger partial charge is 0.269 e. The summed E-state index contributed by atoms with van der Waals surface area (Å²) in [6, 6.07) is 15.3. The number of para-hydroxylation sites is 1. The molecule has 2 aromatic carbocycles. The van der Waals surface area contributed by atoms with Gasteiger partial charge in [0.05, 0.1) is 17.9 Å². The summed E-state index contributed by atoms with van der Waals surface area (Å²) >= 11 is 0. The van der Waals surface area contributed by atoms with Crippen LogP contribution in [0.15, 0.2) is 54.6 Å². The van der Waals surface area contributed by atoms with Crippen LogP contribution >= 0.6 is 0 Å². The Balaban J connectivity index is 1.77. The lowest BCUT2D eigenvalue weighted by atomic mass is 10.1. The average Bonchev–Trinajstić information content (AvgIpc) is 2.54. The molecule has 0 saturated heterocycles. The minimum absolute atomic E-state index is 0.0130.